The summed E-state index contributed by atoms with van der Waals surface area (Å²) >= 11 is 0. The van der Waals surface area contributed by atoms with Crippen LogP contribution in [0.4, 0.5) is 11.4 Å². The number of fused-ring (bicyclic) bond motifs is 1. The Balaban J connectivity index is 1.71. The Morgan fingerprint density at radius 2 is 2.08 bits per heavy atom. The first-order chi connectivity index (χ1) is 12.7. The molecule has 3 heterocycles. The molecule has 1 fully saturated rings. The fourth-order valence-corrected chi connectivity index (χ4v) is 4.06. The molecule has 0 saturated carbocycles. The van der Waals surface area contributed by atoms with E-state index in [1.807, 2.05) is 0 Å². The predicted molar refractivity (Wildman–Crippen MR) is 94.7 cm³/mol. The van der Waals surface area contributed by atoms with Crippen molar-refractivity contribution in [2.75, 3.05) is 11.4 Å². The lowest BCUT2D eigenvalue weighted by Gasteiger charge is -2.27. The van der Waals surface area contributed by atoms with Crippen molar-refractivity contribution >= 4 is 11.4 Å². The van der Waals surface area contributed by atoms with Crippen LogP contribution in [0.2, 0.25) is 0 Å². The summed E-state index contributed by atoms with van der Waals surface area (Å²) in [7, 11) is 0. The van der Waals surface area contributed by atoms with Crippen LogP contribution in [0, 0.1) is 21.4 Å². The summed E-state index contributed by atoms with van der Waals surface area (Å²) < 4.78 is 2.24. The second kappa shape index (κ2) is 6.75. The zero-order valence-corrected chi connectivity index (χ0v) is 14.5. The Morgan fingerprint density at radius 3 is 2.88 bits per heavy atom. The van der Waals surface area contributed by atoms with Crippen molar-refractivity contribution in [1.29, 1.82) is 5.26 Å². The summed E-state index contributed by atoms with van der Waals surface area (Å²) in [5.74, 6) is 2.01. The molecule has 134 valence electrons. The van der Waals surface area contributed by atoms with Gasteiger partial charge in [0, 0.05) is 31.6 Å². The third-order valence-electron chi connectivity index (χ3n) is 5.31. The first kappa shape index (κ1) is 16.5. The largest absolute Gasteiger partial charge is 0.360 e. The first-order valence-electron chi connectivity index (χ1n) is 9.06. The molecular formula is C18H20N6O2. The Bertz CT molecular complexity index is 884. The maximum Gasteiger partial charge on any atom is 0.270 e. The van der Waals surface area contributed by atoms with E-state index in [1.165, 1.54) is 18.6 Å². The van der Waals surface area contributed by atoms with Crippen LogP contribution in [0.25, 0.3) is 0 Å². The van der Waals surface area contributed by atoms with Gasteiger partial charge in [-0.15, -0.1) is 10.2 Å². The van der Waals surface area contributed by atoms with Crippen molar-refractivity contribution in [2.24, 2.45) is 0 Å². The van der Waals surface area contributed by atoms with E-state index >= 15 is 0 Å². The highest BCUT2D eigenvalue weighted by Gasteiger charge is 2.33. The van der Waals surface area contributed by atoms with Gasteiger partial charge in [0.05, 0.1) is 22.2 Å². The average molecular weight is 352 g/mol. The van der Waals surface area contributed by atoms with E-state index in [0.29, 0.717) is 5.56 Å². The zero-order chi connectivity index (χ0) is 18.1. The highest BCUT2D eigenvalue weighted by Crippen LogP contribution is 2.38. The van der Waals surface area contributed by atoms with E-state index in [4.69, 9.17) is 0 Å². The number of nitro benzene ring substituents is 1. The van der Waals surface area contributed by atoms with E-state index < -0.39 is 4.92 Å². The van der Waals surface area contributed by atoms with Crippen molar-refractivity contribution in [3.05, 3.63) is 45.5 Å². The molecule has 1 atom stereocenters. The summed E-state index contributed by atoms with van der Waals surface area (Å²) in [6, 6.07) is 6.69. The normalized spacial score (nSPS) is 19.7. The number of hydrogen-bond donors (Lipinski definition) is 0. The molecule has 0 aliphatic carbocycles. The fraction of sp³-hybridized carbons (Fsp3) is 0.500. The highest BCUT2D eigenvalue weighted by atomic mass is 16.6. The number of non-ortho nitro benzene ring substituents is 1. The van der Waals surface area contributed by atoms with Crippen LogP contribution in [0.5, 0.6) is 0 Å². The van der Waals surface area contributed by atoms with Gasteiger partial charge in [-0.25, -0.2) is 0 Å². The number of rotatable bonds is 3. The number of aromatic nitrogens is 3. The van der Waals surface area contributed by atoms with Crippen LogP contribution >= 0.6 is 0 Å². The van der Waals surface area contributed by atoms with E-state index in [0.717, 1.165) is 62.5 Å². The van der Waals surface area contributed by atoms with Crippen molar-refractivity contribution in [3.8, 4) is 6.07 Å². The lowest BCUT2D eigenvalue weighted by molar-refractivity contribution is -0.384. The van der Waals surface area contributed by atoms with E-state index in [-0.39, 0.29) is 11.7 Å². The molecule has 0 N–H and O–H groups in total. The Hall–Kier alpha value is -2.95. The molecule has 1 aromatic heterocycles. The van der Waals surface area contributed by atoms with Gasteiger partial charge in [0.2, 0.25) is 0 Å². The molecule has 26 heavy (non-hydrogen) atoms. The number of hydrogen-bond acceptors (Lipinski definition) is 6. The summed E-state index contributed by atoms with van der Waals surface area (Å²) in [5, 5.41) is 29.4. The van der Waals surface area contributed by atoms with Crippen LogP contribution < -0.4 is 4.90 Å². The van der Waals surface area contributed by atoms with Gasteiger partial charge in [0.1, 0.15) is 11.9 Å². The maximum atomic E-state index is 11.0. The number of anilines is 1. The van der Waals surface area contributed by atoms with Gasteiger partial charge in [-0.2, -0.15) is 5.26 Å². The van der Waals surface area contributed by atoms with Crippen LogP contribution in [0.3, 0.4) is 0 Å². The van der Waals surface area contributed by atoms with Crippen molar-refractivity contribution in [3.63, 3.8) is 0 Å². The van der Waals surface area contributed by atoms with E-state index in [1.54, 1.807) is 6.07 Å². The van der Waals surface area contributed by atoms with Gasteiger partial charge >= 0.3 is 0 Å². The predicted octanol–water partition coefficient (Wildman–Crippen LogP) is 3.13. The van der Waals surface area contributed by atoms with Gasteiger partial charge in [-0.05, 0) is 31.7 Å². The van der Waals surface area contributed by atoms with Gasteiger partial charge in [0.15, 0.2) is 5.82 Å². The molecule has 0 radical (unpaired) electrons. The third kappa shape index (κ3) is 2.79. The topological polar surface area (TPSA) is 101 Å². The Morgan fingerprint density at radius 1 is 1.19 bits per heavy atom. The van der Waals surface area contributed by atoms with Gasteiger partial charge < -0.3 is 9.47 Å². The molecule has 0 bridgehead atoms. The van der Waals surface area contributed by atoms with E-state index in [9.17, 15) is 15.4 Å². The minimum Gasteiger partial charge on any atom is -0.360 e. The molecule has 0 unspecified atom stereocenters. The molecule has 2 aromatic rings. The minimum absolute atomic E-state index is 0.0580. The molecule has 1 saturated heterocycles. The second-order valence-electron chi connectivity index (χ2n) is 6.86. The van der Waals surface area contributed by atoms with E-state index in [2.05, 4.69) is 25.7 Å². The molecular weight excluding hydrogens is 332 g/mol. The molecule has 2 aliphatic heterocycles. The van der Waals surface area contributed by atoms with Gasteiger partial charge in [-0.1, -0.05) is 6.42 Å². The smallest absolute Gasteiger partial charge is 0.270 e. The quantitative estimate of drug-likeness (QED) is 0.621. The molecule has 0 amide bonds. The molecule has 2 aliphatic rings. The molecule has 8 nitrogen and oxygen atoms in total. The van der Waals surface area contributed by atoms with Crippen molar-refractivity contribution in [2.45, 2.75) is 51.1 Å². The summed E-state index contributed by atoms with van der Waals surface area (Å²) in [6.45, 7) is 1.74. The molecule has 4 rings (SSSR count). The number of nitro groups is 1. The summed E-state index contributed by atoms with van der Waals surface area (Å²) in [6.07, 6.45) is 6.38. The lowest BCUT2D eigenvalue weighted by atomic mass is 10.1. The Kier molecular flexibility index (Phi) is 4.29. The fourth-order valence-electron chi connectivity index (χ4n) is 4.06. The number of aryl methyl sites for hydroxylation is 1. The Labute approximate surface area is 151 Å². The van der Waals surface area contributed by atoms with Crippen LogP contribution in [-0.2, 0) is 13.0 Å². The summed E-state index contributed by atoms with van der Waals surface area (Å²) in [4.78, 5) is 12.7. The number of nitrogens with zero attached hydrogens (tertiary/aromatic N) is 6. The maximum absolute atomic E-state index is 11.0. The lowest BCUT2D eigenvalue weighted by Crippen LogP contribution is -2.26. The number of nitriles is 1. The highest BCUT2D eigenvalue weighted by molar-refractivity contribution is 5.64. The standard InChI is InChI=1S/C18H20N6O2/c19-12-13-11-14(24(25)26)7-8-15(13)22-10-4-5-16(22)18-21-20-17-6-2-1-3-9-23(17)18/h7-8,11,16H,1-6,9-10H2/t16-/m1/s1. The van der Waals surface area contributed by atoms with Crippen LogP contribution in [-0.4, -0.2) is 26.2 Å². The molecule has 8 heteroatoms. The molecule has 0 spiro atoms. The van der Waals surface area contributed by atoms with Crippen LogP contribution in [0.1, 0.15) is 55.4 Å². The average Bonchev–Trinajstić information content (AvgIpc) is 3.21. The summed E-state index contributed by atoms with van der Waals surface area (Å²) in [5.41, 5.74) is 1.02. The zero-order valence-electron chi connectivity index (χ0n) is 14.5. The van der Waals surface area contributed by atoms with Gasteiger partial charge in [0.25, 0.3) is 5.69 Å². The van der Waals surface area contributed by atoms with Crippen molar-refractivity contribution in [1.82, 2.24) is 14.8 Å². The monoisotopic (exact) mass is 352 g/mol. The van der Waals surface area contributed by atoms with Gasteiger partial charge in [-0.3, -0.25) is 10.1 Å². The minimum atomic E-state index is -0.468. The molecule has 1 aromatic carbocycles. The number of benzene rings is 1. The van der Waals surface area contributed by atoms with Crippen LogP contribution in [0.15, 0.2) is 18.2 Å². The third-order valence-corrected chi connectivity index (χ3v) is 5.31. The first-order valence-corrected chi connectivity index (χ1v) is 9.06. The SMILES string of the molecule is N#Cc1cc([N+](=O)[O-])ccc1N1CCC[C@@H]1c1nnc2n1CCCCC2. The van der Waals surface area contributed by atoms with Crippen molar-refractivity contribution < 1.29 is 4.92 Å². The second-order valence-corrected chi connectivity index (χ2v) is 6.86.